The first kappa shape index (κ1) is 14.7. The Balaban J connectivity index is 2.46. The maximum Gasteiger partial charge on any atom is 0.251 e. The van der Waals surface area contributed by atoms with Crippen LogP contribution < -0.4 is 5.32 Å². The minimum absolute atomic E-state index is 0.0390. The molecule has 0 aliphatic heterocycles. The van der Waals surface area contributed by atoms with Crippen LogP contribution >= 0.6 is 0 Å². The van der Waals surface area contributed by atoms with Gasteiger partial charge in [0, 0.05) is 18.7 Å². The van der Waals surface area contributed by atoms with Crippen molar-refractivity contribution in [3.05, 3.63) is 35.4 Å². The molecular formula is C15H23NO2. The molecule has 0 aliphatic rings. The van der Waals surface area contributed by atoms with E-state index in [2.05, 4.69) is 12.2 Å². The van der Waals surface area contributed by atoms with E-state index in [1.807, 2.05) is 31.2 Å². The molecule has 0 saturated carbocycles. The van der Waals surface area contributed by atoms with Crippen molar-refractivity contribution in [3.8, 4) is 0 Å². The first-order valence-electron chi connectivity index (χ1n) is 6.65. The van der Waals surface area contributed by atoms with E-state index in [0.29, 0.717) is 18.0 Å². The molecule has 0 bridgehead atoms. The first-order valence-corrected chi connectivity index (χ1v) is 6.65. The zero-order valence-corrected chi connectivity index (χ0v) is 11.3. The van der Waals surface area contributed by atoms with Crippen molar-refractivity contribution in [2.45, 2.75) is 33.1 Å². The molecule has 0 aromatic heterocycles. The summed E-state index contributed by atoms with van der Waals surface area (Å²) >= 11 is 0. The van der Waals surface area contributed by atoms with Gasteiger partial charge in [-0.05, 0) is 36.5 Å². The van der Waals surface area contributed by atoms with E-state index in [4.69, 9.17) is 5.11 Å². The van der Waals surface area contributed by atoms with E-state index in [0.717, 1.165) is 19.3 Å². The number of aliphatic hydroxyl groups excluding tert-OH is 1. The molecular weight excluding hydrogens is 226 g/mol. The lowest BCUT2D eigenvalue weighted by Crippen LogP contribution is -2.28. The van der Waals surface area contributed by atoms with Crippen molar-refractivity contribution in [2.75, 3.05) is 13.2 Å². The van der Waals surface area contributed by atoms with Crippen LogP contribution in [0.25, 0.3) is 0 Å². The minimum atomic E-state index is -0.0390. The molecule has 1 rings (SSSR count). The molecule has 2 N–H and O–H groups in total. The van der Waals surface area contributed by atoms with Crippen LogP contribution in [0.1, 0.15) is 42.6 Å². The Hall–Kier alpha value is -1.35. The van der Waals surface area contributed by atoms with Gasteiger partial charge in [-0.2, -0.15) is 0 Å². The Bertz CT molecular complexity index is 359. The van der Waals surface area contributed by atoms with Crippen molar-refractivity contribution < 1.29 is 9.90 Å². The predicted octanol–water partition coefficient (Wildman–Crippen LogP) is 2.39. The molecule has 18 heavy (non-hydrogen) atoms. The smallest absolute Gasteiger partial charge is 0.251 e. The Kier molecular flexibility index (Phi) is 6.44. The summed E-state index contributed by atoms with van der Waals surface area (Å²) < 4.78 is 0. The van der Waals surface area contributed by atoms with E-state index in [9.17, 15) is 4.79 Å². The predicted molar refractivity (Wildman–Crippen MR) is 73.6 cm³/mol. The Labute approximate surface area is 109 Å². The highest BCUT2D eigenvalue weighted by atomic mass is 16.3. The third-order valence-corrected chi connectivity index (χ3v) is 2.99. The number of hydrogen-bond acceptors (Lipinski definition) is 2. The molecule has 0 spiro atoms. The van der Waals surface area contributed by atoms with Crippen LogP contribution in [0, 0.1) is 5.92 Å². The third-order valence-electron chi connectivity index (χ3n) is 2.99. The second kappa shape index (κ2) is 7.88. The lowest BCUT2D eigenvalue weighted by Gasteiger charge is -2.11. The summed E-state index contributed by atoms with van der Waals surface area (Å²) in [5.74, 6) is 0.265. The number of nitrogens with one attached hydrogen (secondary N) is 1. The summed E-state index contributed by atoms with van der Waals surface area (Å²) in [6, 6.07) is 7.76. The maximum absolute atomic E-state index is 11.8. The van der Waals surface area contributed by atoms with Gasteiger partial charge in [0.1, 0.15) is 0 Å². The second-order valence-corrected chi connectivity index (χ2v) is 4.77. The van der Waals surface area contributed by atoms with E-state index in [1.165, 1.54) is 5.56 Å². The van der Waals surface area contributed by atoms with E-state index in [-0.39, 0.29) is 12.5 Å². The molecule has 1 amide bonds. The van der Waals surface area contributed by atoms with Gasteiger partial charge in [0.2, 0.25) is 0 Å². The van der Waals surface area contributed by atoms with Crippen molar-refractivity contribution in [2.24, 2.45) is 5.92 Å². The van der Waals surface area contributed by atoms with Crippen molar-refractivity contribution in [1.29, 1.82) is 0 Å². The first-order chi connectivity index (χ1) is 8.67. The van der Waals surface area contributed by atoms with Gasteiger partial charge in [-0.3, -0.25) is 4.79 Å². The van der Waals surface area contributed by atoms with Gasteiger partial charge in [0.05, 0.1) is 0 Å². The molecule has 0 aliphatic carbocycles. The Morgan fingerprint density at radius 1 is 1.33 bits per heavy atom. The van der Waals surface area contributed by atoms with Gasteiger partial charge < -0.3 is 10.4 Å². The maximum atomic E-state index is 11.8. The van der Waals surface area contributed by atoms with Gasteiger partial charge in [-0.15, -0.1) is 0 Å². The molecule has 1 unspecified atom stereocenters. The molecule has 0 radical (unpaired) electrons. The summed E-state index contributed by atoms with van der Waals surface area (Å²) in [5.41, 5.74) is 1.97. The standard InChI is InChI=1S/C15H23NO2/c1-3-4-13-5-7-14(8-6-13)15(18)16-11-12(2)9-10-17/h5-8,12,17H,3-4,9-11H2,1-2H3,(H,16,18). The number of aliphatic hydroxyl groups is 1. The summed E-state index contributed by atoms with van der Waals surface area (Å²) in [7, 11) is 0. The van der Waals surface area contributed by atoms with Crippen LogP contribution in [0.5, 0.6) is 0 Å². The number of rotatable bonds is 7. The van der Waals surface area contributed by atoms with Crippen LogP contribution in [0.3, 0.4) is 0 Å². The van der Waals surface area contributed by atoms with Crippen LogP contribution in [-0.2, 0) is 6.42 Å². The molecule has 1 atom stereocenters. The number of aryl methyl sites for hydroxylation is 1. The van der Waals surface area contributed by atoms with Crippen LogP contribution in [0.4, 0.5) is 0 Å². The summed E-state index contributed by atoms with van der Waals surface area (Å²) in [6.45, 7) is 4.93. The van der Waals surface area contributed by atoms with Gasteiger partial charge >= 0.3 is 0 Å². The SMILES string of the molecule is CCCc1ccc(C(=O)NCC(C)CCO)cc1. The quantitative estimate of drug-likeness (QED) is 0.779. The average molecular weight is 249 g/mol. The Morgan fingerprint density at radius 2 is 2.00 bits per heavy atom. The second-order valence-electron chi connectivity index (χ2n) is 4.77. The van der Waals surface area contributed by atoms with Crippen LogP contribution in [0.2, 0.25) is 0 Å². The minimum Gasteiger partial charge on any atom is -0.396 e. The molecule has 0 heterocycles. The number of carbonyl (C=O) groups is 1. The summed E-state index contributed by atoms with van der Waals surface area (Å²) in [5, 5.41) is 11.7. The molecule has 3 heteroatoms. The fourth-order valence-corrected chi connectivity index (χ4v) is 1.80. The van der Waals surface area contributed by atoms with Gasteiger partial charge in [0.25, 0.3) is 5.91 Å². The summed E-state index contributed by atoms with van der Waals surface area (Å²) in [4.78, 5) is 11.8. The van der Waals surface area contributed by atoms with Crippen LogP contribution in [-0.4, -0.2) is 24.2 Å². The average Bonchev–Trinajstić information content (AvgIpc) is 2.37. The molecule has 100 valence electrons. The van der Waals surface area contributed by atoms with Crippen molar-refractivity contribution in [3.63, 3.8) is 0 Å². The van der Waals surface area contributed by atoms with Crippen LogP contribution in [0.15, 0.2) is 24.3 Å². The Morgan fingerprint density at radius 3 is 2.56 bits per heavy atom. The lowest BCUT2D eigenvalue weighted by molar-refractivity contribution is 0.0945. The topological polar surface area (TPSA) is 49.3 Å². The molecule has 3 nitrogen and oxygen atoms in total. The highest BCUT2D eigenvalue weighted by molar-refractivity contribution is 5.94. The third kappa shape index (κ3) is 4.88. The number of carbonyl (C=O) groups excluding carboxylic acids is 1. The molecule has 1 aromatic rings. The van der Waals surface area contributed by atoms with Gasteiger partial charge in [-0.25, -0.2) is 0 Å². The summed E-state index contributed by atoms with van der Waals surface area (Å²) in [6.07, 6.45) is 2.88. The molecule has 0 fully saturated rings. The highest BCUT2D eigenvalue weighted by Gasteiger charge is 2.07. The fraction of sp³-hybridized carbons (Fsp3) is 0.533. The monoisotopic (exact) mass is 249 g/mol. The zero-order chi connectivity index (χ0) is 13.4. The van der Waals surface area contributed by atoms with Gasteiger partial charge in [-0.1, -0.05) is 32.4 Å². The largest absolute Gasteiger partial charge is 0.396 e. The van der Waals surface area contributed by atoms with Crippen molar-refractivity contribution >= 4 is 5.91 Å². The number of hydrogen-bond donors (Lipinski definition) is 2. The highest BCUT2D eigenvalue weighted by Crippen LogP contribution is 2.07. The number of amides is 1. The van der Waals surface area contributed by atoms with Crippen molar-refractivity contribution in [1.82, 2.24) is 5.32 Å². The normalized spacial score (nSPS) is 12.2. The van der Waals surface area contributed by atoms with Gasteiger partial charge in [0.15, 0.2) is 0 Å². The number of benzene rings is 1. The fourth-order valence-electron chi connectivity index (χ4n) is 1.80. The zero-order valence-electron chi connectivity index (χ0n) is 11.3. The van der Waals surface area contributed by atoms with E-state index >= 15 is 0 Å². The molecule has 1 aromatic carbocycles. The van der Waals surface area contributed by atoms with E-state index < -0.39 is 0 Å². The van der Waals surface area contributed by atoms with E-state index in [1.54, 1.807) is 0 Å². The lowest BCUT2D eigenvalue weighted by atomic mass is 10.1. The molecule has 0 saturated heterocycles.